The van der Waals surface area contributed by atoms with Crippen molar-refractivity contribution in [1.82, 2.24) is 4.90 Å². The Hall–Kier alpha value is -2.98. The highest BCUT2D eigenvalue weighted by molar-refractivity contribution is 6.27. The second-order valence-electron chi connectivity index (χ2n) is 9.00. The lowest BCUT2D eigenvalue weighted by Gasteiger charge is -2.26. The Kier molecular flexibility index (Phi) is 9.41. The number of hydrogen-bond donors (Lipinski definition) is 0. The first-order valence-corrected chi connectivity index (χ1v) is 12.3. The average molecular weight is 479 g/mol. The Labute approximate surface area is 209 Å². The molecule has 0 unspecified atom stereocenters. The van der Waals surface area contributed by atoms with Crippen molar-refractivity contribution in [3.05, 3.63) is 95.6 Å². The van der Waals surface area contributed by atoms with Crippen LogP contribution in [0.3, 0.4) is 0 Å². The zero-order valence-electron chi connectivity index (χ0n) is 20.6. The SMILES string of the molecule is CC(C)Oc1ccc([C@H](CCN(Cc2ccc(N(C)C)cc2)C(=O)CCl)c2ccccc2)cc1. The highest BCUT2D eigenvalue weighted by atomic mass is 35.5. The number of ether oxygens (including phenoxy) is 1. The standard InChI is InChI=1S/C29H35ClN2O2/c1-22(2)34-27-16-12-25(13-17-27)28(24-8-6-5-7-9-24)18-19-32(29(33)20-30)21-23-10-14-26(15-11-23)31(3)4/h5-17,22,28H,18-21H2,1-4H3/t28-/m1/s1. The van der Waals surface area contributed by atoms with Gasteiger partial charge in [-0.05, 0) is 61.2 Å². The van der Waals surface area contributed by atoms with Crippen LogP contribution in [0, 0.1) is 0 Å². The van der Waals surface area contributed by atoms with E-state index < -0.39 is 0 Å². The fourth-order valence-electron chi connectivity index (χ4n) is 4.04. The molecule has 180 valence electrons. The van der Waals surface area contributed by atoms with E-state index in [1.165, 1.54) is 11.1 Å². The summed E-state index contributed by atoms with van der Waals surface area (Å²) < 4.78 is 5.82. The molecule has 0 fully saturated rings. The summed E-state index contributed by atoms with van der Waals surface area (Å²) in [5.41, 5.74) is 4.66. The molecular formula is C29H35ClN2O2. The van der Waals surface area contributed by atoms with E-state index in [-0.39, 0.29) is 23.8 Å². The molecule has 0 aliphatic heterocycles. The van der Waals surface area contributed by atoms with E-state index in [9.17, 15) is 4.79 Å². The second-order valence-corrected chi connectivity index (χ2v) is 9.26. The molecule has 3 aromatic carbocycles. The Bertz CT molecular complexity index is 1020. The maximum Gasteiger partial charge on any atom is 0.237 e. The highest BCUT2D eigenvalue weighted by Gasteiger charge is 2.19. The van der Waals surface area contributed by atoms with Crippen LogP contribution >= 0.6 is 11.6 Å². The predicted octanol–water partition coefficient (Wildman–Crippen LogP) is 6.33. The van der Waals surface area contributed by atoms with Crippen molar-refractivity contribution in [2.45, 2.75) is 38.8 Å². The molecule has 0 bridgehead atoms. The van der Waals surface area contributed by atoms with Gasteiger partial charge in [0.1, 0.15) is 11.6 Å². The number of carbonyl (C=O) groups is 1. The molecule has 0 N–H and O–H groups in total. The number of benzene rings is 3. The van der Waals surface area contributed by atoms with Crippen molar-refractivity contribution in [3.8, 4) is 5.75 Å². The molecule has 3 rings (SSSR count). The Balaban J connectivity index is 1.78. The van der Waals surface area contributed by atoms with Gasteiger partial charge in [-0.1, -0.05) is 54.6 Å². The lowest BCUT2D eigenvalue weighted by atomic mass is 9.88. The number of alkyl halides is 1. The number of anilines is 1. The smallest absolute Gasteiger partial charge is 0.237 e. The third-order valence-electron chi connectivity index (χ3n) is 5.84. The molecule has 4 nitrogen and oxygen atoms in total. The summed E-state index contributed by atoms with van der Waals surface area (Å²) in [6, 6.07) is 27.1. The lowest BCUT2D eigenvalue weighted by Crippen LogP contribution is -2.33. The number of hydrogen-bond acceptors (Lipinski definition) is 3. The van der Waals surface area contributed by atoms with Crippen molar-refractivity contribution >= 4 is 23.2 Å². The van der Waals surface area contributed by atoms with Gasteiger partial charge < -0.3 is 14.5 Å². The van der Waals surface area contributed by atoms with E-state index in [0.717, 1.165) is 23.4 Å². The first-order chi connectivity index (χ1) is 16.4. The second kappa shape index (κ2) is 12.5. The Morgan fingerprint density at radius 2 is 1.50 bits per heavy atom. The number of halogens is 1. The molecule has 0 aliphatic carbocycles. The van der Waals surface area contributed by atoms with E-state index in [0.29, 0.717) is 13.1 Å². The van der Waals surface area contributed by atoms with Crippen molar-refractivity contribution in [2.75, 3.05) is 31.4 Å². The van der Waals surface area contributed by atoms with Crippen molar-refractivity contribution in [1.29, 1.82) is 0 Å². The molecule has 0 aromatic heterocycles. The van der Waals surface area contributed by atoms with Gasteiger partial charge in [0.15, 0.2) is 0 Å². The summed E-state index contributed by atoms with van der Waals surface area (Å²) in [5.74, 6) is 0.958. The van der Waals surface area contributed by atoms with Gasteiger partial charge in [0.25, 0.3) is 0 Å². The highest BCUT2D eigenvalue weighted by Crippen LogP contribution is 2.30. The summed E-state index contributed by atoms with van der Waals surface area (Å²) in [5, 5.41) is 0. The lowest BCUT2D eigenvalue weighted by molar-refractivity contribution is -0.129. The molecule has 5 heteroatoms. The molecule has 0 heterocycles. The summed E-state index contributed by atoms with van der Waals surface area (Å²) in [4.78, 5) is 16.6. The summed E-state index contributed by atoms with van der Waals surface area (Å²) >= 11 is 5.98. The van der Waals surface area contributed by atoms with Crippen LogP contribution in [-0.4, -0.2) is 43.4 Å². The first kappa shape index (κ1) is 25.6. The zero-order chi connectivity index (χ0) is 24.5. The van der Waals surface area contributed by atoms with E-state index >= 15 is 0 Å². The third kappa shape index (κ3) is 7.26. The molecule has 0 saturated carbocycles. The fourth-order valence-corrected chi connectivity index (χ4v) is 4.21. The van der Waals surface area contributed by atoms with Crippen LogP contribution in [0.15, 0.2) is 78.9 Å². The largest absolute Gasteiger partial charge is 0.491 e. The van der Waals surface area contributed by atoms with E-state index in [4.69, 9.17) is 16.3 Å². The molecule has 0 radical (unpaired) electrons. The Morgan fingerprint density at radius 3 is 2.06 bits per heavy atom. The van der Waals surface area contributed by atoms with Crippen molar-refractivity contribution in [2.24, 2.45) is 0 Å². The van der Waals surface area contributed by atoms with Gasteiger partial charge in [-0.2, -0.15) is 0 Å². The molecule has 0 saturated heterocycles. The van der Waals surface area contributed by atoms with E-state index in [1.807, 2.05) is 51.0 Å². The molecular weight excluding hydrogens is 444 g/mol. The van der Waals surface area contributed by atoms with Crippen LogP contribution in [0.25, 0.3) is 0 Å². The summed E-state index contributed by atoms with van der Waals surface area (Å²) in [6.07, 6.45) is 0.935. The average Bonchev–Trinajstić information content (AvgIpc) is 2.84. The minimum absolute atomic E-state index is 0.0208. The number of nitrogens with zero attached hydrogens (tertiary/aromatic N) is 2. The van der Waals surface area contributed by atoms with Gasteiger partial charge in [0.2, 0.25) is 5.91 Å². The predicted molar refractivity (Wildman–Crippen MR) is 142 cm³/mol. The zero-order valence-corrected chi connectivity index (χ0v) is 21.3. The Morgan fingerprint density at radius 1 is 0.882 bits per heavy atom. The van der Waals surface area contributed by atoms with Gasteiger partial charge in [-0.25, -0.2) is 0 Å². The number of carbonyl (C=O) groups excluding carboxylic acids is 1. The first-order valence-electron chi connectivity index (χ1n) is 11.8. The van der Waals surface area contributed by atoms with Crippen LogP contribution < -0.4 is 9.64 Å². The van der Waals surface area contributed by atoms with Crippen LogP contribution in [-0.2, 0) is 11.3 Å². The molecule has 0 aliphatic rings. The van der Waals surface area contributed by atoms with Gasteiger partial charge in [-0.3, -0.25) is 4.79 Å². The van der Waals surface area contributed by atoms with Gasteiger partial charge in [0.05, 0.1) is 6.10 Å². The molecule has 34 heavy (non-hydrogen) atoms. The van der Waals surface area contributed by atoms with E-state index in [1.54, 1.807) is 0 Å². The normalized spacial score (nSPS) is 11.8. The maximum atomic E-state index is 12.7. The quantitative estimate of drug-likeness (QED) is 0.302. The van der Waals surface area contributed by atoms with Gasteiger partial charge >= 0.3 is 0 Å². The summed E-state index contributed by atoms with van der Waals surface area (Å²) in [7, 11) is 4.03. The third-order valence-corrected chi connectivity index (χ3v) is 6.07. The van der Waals surface area contributed by atoms with Gasteiger partial charge in [-0.15, -0.1) is 11.6 Å². The van der Waals surface area contributed by atoms with Crippen LogP contribution in [0.5, 0.6) is 5.75 Å². The topological polar surface area (TPSA) is 32.8 Å². The molecule has 0 spiro atoms. The molecule has 1 amide bonds. The number of amides is 1. The van der Waals surface area contributed by atoms with E-state index in [2.05, 4.69) is 65.6 Å². The summed E-state index contributed by atoms with van der Waals surface area (Å²) in [6.45, 7) is 5.21. The fraction of sp³-hybridized carbons (Fsp3) is 0.345. The molecule has 1 atom stereocenters. The molecule has 3 aromatic rings. The maximum absolute atomic E-state index is 12.7. The van der Waals surface area contributed by atoms with Gasteiger partial charge in [0, 0.05) is 38.8 Å². The van der Waals surface area contributed by atoms with Crippen molar-refractivity contribution < 1.29 is 9.53 Å². The monoisotopic (exact) mass is 478 g/mol. The van der Waals surface area contributed by atoms with Crippen molar-refractivity contribution in [3.63, 3.8) is 0 Å². The van der Waals surface area contributed by atoms with Crippen LogP contribution in [0.1, 0.15) is 42.9 Å². The minimum Gasteiger partial charge on any atom is -0.491 e. The minimum atomic E-state index is -0.0501. The number of rotatable bonds is 11. The van der Waals surface area contributed by atoms with Crippen LogP contribution in [0.2, 0.25) is 0 Å². The van der Waals surface area contributed by atoms with Crippen LogP contribution in [0.4, 0.5) is 5.69 Å².